The first-order valence-electron chi connectivity index (χ1n) is 17.4. The number of carbonyl (C=O) groups excluding carboxylic acids is 3. The van der Waals surface area contributed by atoms with Crippen LogP contribution >= 0.6 is 11.6 Å². The van der Waals surface area contributed by atoms with Crippen LogP contribution in [0, 0.1) is 0 Å². The Morgan fingerprint density at radius 3 is 2.44 bits per heavy atom. The molecule has 4 aliphatic rings. The number of nitrogens with zero attached hydrogens (tertiary/aromatic N) is 4. The summed E-state index contributed by atoms with van der Waals surface area (Å²) in [5.74, 6) is -1.47. The third-order valence-electron chi connectivity index (χ3n) is 10.3. The van der Waals surface area contributed by atoms with Crippen molar-refractivity contribution in [1.82, 2.24) is 24.9 Å². The van der Waals surface area contributed by atoms with E-state index in [0.29, 0.717) is 77.8 Å². The number of phenols is 1. The van der Waals surface area contributed by atoms with Crippen LogP contribution in [0.15, 0.2) is 36.4 Å². The van der Waals surface area contributed by atoms with E-state index in [9.17, 15) is 32.7 Å². The Morgan fingerprint density at radius 1 is 0.960 bits per heavy atom. The Labute approximate surface area is 294 Å². The fourth-order valence-corrected chi connectivity index (χ4v) is 7.82. The van der Waals surface area contributed by atoms with Crippen molar-refractivity contribution in [3.05, 3.63) is 58.1 Å². The molecule has 0 unspecified atom stereocenters. The number of para-hydroxylation sites is 1. The van der Waals surface area contributed by atoms with Gasteiger partial charge < -0.3 is 35.2 Å². The molecule has 0 aromatic heterocycles. The summed E-state index contributed by atoms with van der Waals surface area (Å²) in [7, 11) is 0. The highest BCUT2D eigenvalue weighted by Gasteiger charge is 2.37. The number of carbonyl (C=O) groups is 3. The lowest BCUT2D eigenvalue weighted by Crippen LogP contribution is -2.56. The highest BCUT2D eigenvalue weighted by atomic mass is 35.5. The highest BCUT2D eigenvalue weighted by molar-refractivity contribution is 6.32. The van der Waals surface area contributed by atoms with Gasteiger partial charge in [-0.3, -0.25) is 9.69 Å². The summed E-state index contributed by atoms with van der Waals surface area (Å²) < 4.78 is 46.8. The number of aromatic hydroxyl groups is 1. The molecule has 3 fully saturated rings. The minimum absolute atomic E-state index is 0.0595. The summed E-state index contributed by atoms with van der Waals surface area (Å²) in [6.45, 7) is 4.93. The van der Waals surface area contributed by atoms with Crippen molar-refractivity contribution in [2.75, 3.05) is 64.3 Å². The normalized spacial score (nSPS) is 20.8. The van der Waals surface area contributed by atoms with E-state index in [1.807, 2.05) is 29.2 Å². The number of likely N-dealkylation sites (tertiary alicyclic amines) is 1. The predicted octanol–water partition coefficient (Wildman–Crippen LogP) is 4.95. The second-order valence-electron chi connectivity index (χ2n) is 13.5. The van der Waals surface area contributed by atoms with Crippen LogP contribution in [0.1, 0.15) is 48.8 Å². The number of hydrogen-bond donors (Lipinski definition) is 3. The summed E-state index contributed by atoms with van der Waals surface area (Å²) in [6, 6.07) is 8.10. The van der Waals surface area contributed by atoms with Gasteiger partial charge in [-0.1, -0.05) is 29.8 Å². The fraction of sp³-hybridized carbons (Fsp3) is 0.571. The van der Waals surface area contributed by atoms with Crippen molar-refractivity contribution in [2.24, 2.45) is 0 Å². The molecule has 0 aliphatic carbocycles. The average molecular weight is 721 g/mol. The van der Waals surface area contributed by atoms with Crippen molar-refractivity contribution >= 4 is 35.3 Å². The monoisotopic (exact) mass is 720 g/mol. The second-order valence-corrected chi connectivity index (χ2v) is 13.9. The number of hydrogen-bond acceptors (Lipinski definition) is 6. The lowest BCUT2D eigenvalue weighted by Gasteiger charge is -2.38. The van der Waals surface area contributed by atoms with E-state index in [-0.39, 0.29) is 30.0 Å². The van der Waals surface area contributed by atoms with Gasteiger partial charge in [0.1, 0.15) is 11.8 Å². The topological polar surface area (TPSA) is 118 Å². The summed E-state index contributed by atoms with van der Waals surface area (Å²) in [5.41, 5.74) is 0.616. The van der Waals surface area contributed by atoms with Crippen LogP contribution in [-0.4, -0.2) is 120 Å². The number of halogens is 4. The zero-order valence-corrected chi connectivity index (χ0v) is 28.6. The molecule has 4 heterocycles. The van der Waals surface area contributed by atoms with Crippen LogP contribution < -0.4 is 10.6 Å². The van der Waals surface area contributed by atoms with E-state index in [1.165, 1.54) is 6.07 Å². The fourth-order valence-electron chi connectivity index (χ4n) is 7.58. The van der Waals surface area contributed by atoms with Crippen molar-refractivity contribution in [1.29, 1.82) is 0 Å². The van der Waals surface area contributed by atoms with Gasteiger partial charge in [-0.15, -0.1) is 0 Å². The first-order chi connectivity index (χ1) is 24.0. The van der Waals surface area contributed by atoms with E-state index in [4.69, 9.17) is 16.3 Å². The summed E-state index contributed by atoms with van der Waals surface area (Å²) in [4.78, 5) is 48.3. The zero-order valence-electron chi connectivity index (χ0n) is 27.9. The largest absolute Gasteiger partial charge is 0.506 e. The van der Waals surface area contributed by atoms with Gasteiger partial charge in [0.25, 0.3) is 0 Å². The molecule has 3 saturated heterocycles. The van der Waals surface area contributed by atoms with Crippen LogP contribution in [0.4, 0.5) is 28.4 Å². The van der Waals surface area contributed by atoms with E-state index in [2.05, 4.69) is 15.5 Å². The van der Waals surface area contributed by atoms with Crippen molar-refractivity contribution in [2.45, 2.75) is 69.2 Å². The maximum atomic E-state index is 14.1. The van der Waals surface area contributed by atoms with E-state index in [0.717, 1.165) is 43.1 Å². The van der Waals surface area contributed by atoms with Gasteiger partial charge in [-0.25, -0.2) is 9.59 Å². The lowest BCUT2D eigenvalue weighted by atomic mass is 10.0. The molecule has 4 aliphatic heterocycles. The molecule has 15 heteroatoms. The van der Waals surface area contributed by atoms with Gasteiger partial charge in [-0.05, 0) is 67.9 Å². The highest BCUT2D eigenvalue weighted by Crippen LogP contribution is 2.40. The predicted molar refractivity (Wildman–Crippen MR) is 181 cm³/mol. The molecule has 2 aromatic rings. The van der Waals surface area contributed by atoms with Crippen molar-refractivity contribution in [3.63, 3.8) is 0 Å². The third kappa shape index (κ3) is 8.40. The first kappa shape index (κ1) is 36.1. The summed E-state index contributed by atoms with van der Waals surface area (Å²) >= 11 is 6.01. The number of urea groups is 2. The average Bonchev–Trinajstić information content (AvgIpc) is 3.45. The van der Waals surface area contributed by atoms with Crippen LogP contribution in [0.5, 0.6) is 5.75 Å². The van der Waals surface area contributed by atoms with Crippen LogP contribution in [0.25, 0.3) is 0 Å². The Morgan fingerprint density at radius 2 is 1.70 bits per heavy atom. The van der Waals surface area contributed by atoms with E-state index < -0.39 is 34.6 Å². The van der Waals surface area contributed by atoms with E-state index in [1.54, 1.807) is 9.80 Å². The summed E-state index contributed by atoms with van der Waals surface area (Å²) in [6.07, 6.45) is -0.791. The number of phenolic OH excluding ortho intramolecular Hbond substituents is 1. The molecule has 11 nitrogen and oxygen atoms in total. The molecule has 0 saturated carbocycles. The number of rotatable bonds is 6. The van der Waals surface area contributed by atoms with Gasteiger partial charge >= 0.3 is 18.2 Å². The van der Waals surface area contributed by atoms with Crippen molar-refractivity contribution < 1.29 is 37.4 Å². The summed E-state index contributed by atoms with van der Waals surface area (Å²) in [5, 5.41) is 15.4. The number of benzene rings is 2. The van der Waals surface area contributed by atoms with Gasteiger partial charge in [0.15, 0.2) is 0 Å². The van der Waals surface area contributed by atoms with Gasteiger partial charge in [-0.2, -0.15) is 13.2 Å². The lowest BCUT2D eigenvalue weighted by molar-refractivity contribution is -0.138. The molecule has 272 valence electrons. The van der Waals surface area contributed by atoms with Crippen LogP contribution in [-0.2, 0) is 28.5 Å². The Bertz CT molecular complexity index is 1550. The molecule has 50 heavy (non-hydrogen) atoms. The second kappa shape index (κ2) is 15.6. The molecule has 2 aromatic carbocycles. The molecule has 5 amide bonds. The third-order valence-corrected chi connectivity index (χ3v) is 10.6. The number of fused-ring (bicyclic) bond motifs is 1. The number of ether oxygens (including phenoxy) is 1. The maximum absolute atomic E-state index is 14.1. The van der Waals surface area contributed by atoms with Crippen molar-refractivity contribution in [3.8, 4) is 5.75 Å². The van der Waals surface area contributed by atoms with E-state index >= 15 is 0 Å². The number of alkyl halides is 3. The molecule has 0 spiro atoms. The molecule has 0 radical (unpaired) electrons. The Kier molecular flexibility index (Phi) is 11.3. The first-order valence-corrected chi connectivity index (χ1v) is 17.8. The quantitative estimate of drug-likeness (QED) is 0.389. The molecular formula is C35H44ClF3N6O5. The number of piperidine rings is 1. The molecule has 1 atom stereocenters. The Hall–Kier alpha value is -3.75. The van der Waals surface area contributed by atoms with Gasteiger partial charge in [0.2, 0.25) is 5.91 Å². The molecule has 3 N–H and O–H groups in total. The van der Waals surface area contributed by atoms with Gasteiger partial charge in [0.05, 0.1) is 10.6 Å². The minimum Gasteiger partial charge on any atom is -0.506 e. The smallest absolute Gasteiger partial charge is 0.420 e. The SMILES string of the molecule is O=C(N[C@H](Cc1cc(Cl)c(O)c(C(F)(F)F)c1)C(=O)N1CCCN(C2CCOCC2)CC1)N1CCC(N2CCc3ccccc3NC2=O)CC1. The Balaban J connectivity index is 1.14. The zero-order chi connectivity index (χ0) is 35.4. The molecular weight excluding hydrogens is 677 g/mol. The standard InChI is InChI=1S/C35H44ClF3N6O5/c36-28-21-23(20-27(31(28)46)35(37,38)39)22-30(32(47)43-12-3-11-42(16-17-43)25-9-18-50-19-10-25)41-33(48)44-13-7-26(8-14-44)45-15-6-24-4-1-2-5-29(24)40-34(45)49/h1-2,4-5,20-21,25-26,30,46H,3,6-19,22H2,(H,40,49)(H,41,48)/t30-/m1/s1. The molecule has 6 rings (SSSR count). The maximum Gasteiger partial charge on any atom is 0.420 e. The van der Waals surface area contributed by atoms with Gasteiger partial charge in [0, 0.05) is 83.2 Å². The number of anilines is 1. The molecule has 0 bridgehead atoms. The number of nitrogens with one attached hydrogen (secondary N) is 2. The minimum atomic E-state index is -4.87. The number of amides is 5. The van der Waals surface area contributed by atoms with Crippen LogP contribution in [0.2, 0.25) is 5.02 Å². The van der Waals surface area contributed by atoms with Crippen LogP contribution in [0.3, 0.4) is 0 Å².